The number of esters is 1. The molecule has 0 saturated heterocycles. The fourth-order valence-electron chi connectivity index (χ4n) is 2.30. The van der Waals surface area contributed by atoms with Crippen molar-refractivity contribution < 1.29 is 14.1 Å². The van der Waals surface area contributed by atoms with Gasteiger partial charge >= 0.3 is 5.97 Å². The summed E-state index contributed by atoms with van der Waals surface area (Å²) >= 11 is 0. The van der Waals surface area contributed by atoms with Crippen LogP contribution in [0.15, 0.2) is 34.9 Å². The van der Waals surface area contributed by atoms with E-state index in [2.05, 4.69) is 5.16 Å². The second-order valence-electron chi connectivity index (χ2n) is 7.80. The molecule has 0 bridgehead atoms. The van der Waals surface area contributed by atoms with Crippen molar-refractivity contribution in [3.8, 4) is 0 Å². The van der Waals surface area contributed by atoms with Crippen LogP contribution in [0, 0.1) is 0 Å². The molecular formula is C19H25NO3. The smallest absolute Gasteiger partial charge is 0.344 e. The van der Waals surface area contributed by atoms with Gasteiger partial charge in [-0.3, -0.25) is 0 Å². The van der Waals surface area contributed by atoms with Crippen LogP contribution in [0.2, 0.25) is 0 Å². The summed E-state index contributed by atoms with van der Waals surface area (Å²) in [6.45, 7) is 12.2. The van der Waals surface area contributed by atoms with E-state index in [-0.39, 0.29) is 23.4 Å². The van der Waals surface area contributed by atoms with Gasteiger partial charge in [-0.1, -0.05) is 77.0 Å². The minimum absolute atomic E-state index is 0.234. The zero-order valence-electron chi connectivity index (χ0n) is 14.8. The Hall–Kier alpha value is -2.10. The van der Waals surface area contributed by atoms with Crippen LogP contribution >= 0.6 is 0 Å². The minimum atomic E-state index is -0.384. The molecule has 0 radical (unpaired) electrons. The maximum absolute atomic E-state index is 12.7. The summed E-state index contributed by atoms with van der Waals surface area (Å²) in [7, 11) is 0. The third kappa shape index (κ3) is 4.01. The van der Waals surface area contributed by atoms with E-state index in [1.807, 2.05) is 71.9 Å². The van der Waals surface area contributed by atoms with Crippen molar-refractivity contribution in [2.45, 2.75) is 59.0 Å². The molecule has 2 rings (SSSR count). The Morgan fingerprint density at radius 1 is 1.04 bits per heavy atom. The molecule has 4 heteroatoms. The van der Waals surface area contributed by atoms with Gasteiger partial charge in [-0.2, -0.15) is 0 Å². The summed E-state index contributed by atoms with van der Waals surface area (Å²) in [6.07, 6.45) is 0. The topological polar surface area (TPSA) is 52.3 Å². The fourth-order valence-corrected chi connectivity index (χ4v) is 2.30. The molecule has 2 aromatic rings. The lowest BCUT2D eigenvalue weighted by Crippen LogP contribution is -2.22. The molecule has 23 heavy (non-hydrogen) atoms. The molecule has 1 aromatic carbocycles. The molecule has 124 valence electrons. The predicted octanol–water partition coefficient (Wildman–Crippen LogP) is 4.63. The summed E-state index contributed by atoms with van der Waals surface area (Å²) in [5.41, 5.74) is 1.43. The van der Waals surface area contributed by atoms with Crippen molar-refractivity contribution in [3.63, 3.8) is 0 Å². The lowest BCUT2D eigenvalue weighted by atomic mass is 9.84. The number of nitrogens with zero attached hydrogens (tertiary/aromatic N) is 1. The zero-order chi connectivity index (χ0) is 17.3. The molecule has 0 aliphatic carbocycles. The van der Waals surface area contributed by atoms with E-state index in [9.17, 15) is 4.79 Å². The Morgan fingerprint density at radius 3 is 2.17 bits per heavy atom. The monoisotopic (exact) mass is 315 g/mol. The Bertz CT molecular complexity index is 641. The van der Waals surface area contributed by atoms with Crippen LogP contribution in [0.4, 0.5) is 0 Å². The third-order valence-electron chi connectivity index (χ3n) is 3.50. The highest BCUT2D eigenvalue weighted by atomic mass is 16.5. The molecule has 0 saturated carbocycles. The van der Waals surface area contributed by atoms with E-state index in [1.165, 1.54) is 0 Å². The van der Waals surface area contributed by atoms with Gasteiger partial charge in [0.15, 0.2) is 5.76 Å². The van der Waals surface area contributed by atoms with Crippen molar-refractivity contribution in [2.75, 3.05) is 0 Å². The van der Waals surface area contributed by atoms with Crippen LogP contribution in [0.3, 0.4) is 0 Å². The van der Waals surface area contributed by atoms with Gasteiger partial charge < -0.3 is 9.26 Å². The zero-order valence-corrected chi connectivity index (χ0v) is 14.8. The summed E-state index contributed by atoms with van der Waals surface area (Å²) in [5, 5.41) is 4.15. The summed E-state index contributed by atoms with van der Waals surface area (Å²) in [6, 6.07) is 9.63. The van der Waals surface area contributed by atoms with Gasteiger partial charge in [0.1, 0.15) is 17.9 Å². The van der Waals surface area contributed by atoms with Crippen LogP contribution in [0.1, 0.15) is 68.9 Å². The maximum atomic E-state index is 12.7. The average Bonchev–Trinajstić information content (AvgIpc) is 2.91. The number of hydrogen-bond donors (Lipinski definition) is 0. The third-order valence-corrected chi connectivity index (χ3v) is 3.50. The van der Waals surface area contributed by atoms with Gasteiger partial charge in [-0.05, 0) is 5.56 Å². The molecule has 1 heterocycles. The van der Waals surface area contributed by atoms with E-state index < -0.39 is 0 Å². The van der Waals surface area contributed by atoms with Gasteiger partial charge in [0, 0.05) is 10.8 Å². The van der Waals surface area contributed by atoms with E-state index in [0.29, 0.717) is 17.0 Å². The molecule has 0 aliphatic rings. The van der Waals surface area contributed by atoms with Crippen LogP contribution in [0.25, 0.3) is 0 Å². The Morgan fingerprint density at radius 2 is 1.65 bits per heavy atom. The van der Waals surface area contributed by atoms with Gasteiger partial charge in [0.25, 0.3) is 0 Å². The van der Waals surface area contributed by atoms with Gasteiger partial charge in [0.05, 0.1) is 0 Å². The number of aromatic nitrogens is 1. The minimum Gasteiger partial charge on any atom is -0.457 e. The molecule has 1 aromatic heterocycles. The normalized spacial score (nSPS) is 12.3. The van der Waals surface area contributed by atoms with Crippen LogP contribution in [-0.4, -0.2) is 11.1 Å². The van der Waals surface area contributed by atoms with E-state index in [0.717, 1.165) is 5.56 Å². The molecule has 0 unspecified atom stereocenters. The van der Waals surface area contributed by atoms with Crippen LogP contribution in [0.5, 0.6) is 0 Å². The lowest BCUT2D eigenvalue weighted by Gasteiger charge is -2.19. The van der Waals surface area contributed by atoms with Crippen LogP contribution < -0.4 is 0 Å². The van der Waals surface area contributed by atoms with Crippen LogP contribution in [-0.2, 0) is 22.2 Å². The number of hydrogen-bond acceptors (Lipinski definition) is 4. The quantitative estimate of drug-likeness (QED) is 0.775. The van der Waals surface area contributed by atoms with Gasteiger partial charge in [-0.15, -0.1) is 0 Å². The molecule has 0 spiro atoms. The van der Waals surface area contributed by atoms with Crippen molar-refractivity contribution in [1.29, 1.82) is 0 Å². The summed E-state index contributed by atoms with van der Waals surface area (Å²) in [4.78, 5) is 12.7. The van der Waals surface area contributed by atoms with E-state index in [1.54, 1.807) is 0 Å². The second kappa shape index (κ2) is 6.19. The first-order valence-electron chi connectivity index (χ1n) is 7.82. The Balaban J connectivity index is 2.32. The molecule has 4 nitrogen and oxygen atoms in total. The van der Waals surface area contributed by atoms with Gasteiger partial charge in [-0.25, -0.2) is 4.79 Å². The standard InChI is InChI=1S/C19H25NO3/c1-18(2,3)15-14(16(23-20-15)19(4,5)6)17(21)22-12-13-10-8-7-9-11-13/h7-11H,12H2,1-6H3. The van der Waals surface area contributed by atoms with E-state index in [4.69, 9.17) is 9.26 Å². The summed E-state index contributed by atoms with van der Waals surface area (Å²) < 4.78 is 11.0. The van der Waals surface area contributed by atoms with E-state index >= 15 is 0 Å². The Kier molecular flexibility index (Phi) is 4.64. The Labute approximate surface area is 137 Å². The number of rotatable bonds is 3. The molecule has 0 fully saturated rings. The van der Waals surface area contributed by atoms with Crippen molar-refractivity contribution in [2.24, 2.45) is 0 Å². The number of carbonyl (C=O) groups is 1. The molecule has 0 aliphatic heterocycles. The maximum Gasteiger partial charge on any atom is 0.344 e. The predicted molar refractivity (Wildman–Crippen MR) is 89.5 cm³/mol. The van der Waals surface area contributed by atoms with Crippen molar-refractivity contribution in [3.05, 3.63) is 52.9 Å². The number of carbonyl (C=O) groups excluding carboxylic acids is 1. The van der Waals surface area contributed by atoms with Gasteiger partial charge in [0.2, 0.25) is 0 Å². The highest BCUT2D eigenvalue weighted by Crippen LogP contribution is 2.34. The highest BCUT2D eigenvalue weighted by molar-refractivity contribution is 5.92. The largest absolute Gasteiger partial charge is 0.457 e. The first-order valence-corrected chi connectivity index (χ1v) is 7.82. The lowest BCUT2D eigenvalue weighted by molar-refractivity contribution is 0.0465. The number of benzene rings is 1. The first kappa shape index (κ1) is 17.3. The second-order valence-corrected chi connectivity index (χ2v) is 7.80. The van der Waals surface area contributed by atoms with Crippen molar-refractivity contribution >= 4 is 5.97 Å². The highest BCUT2D eigenvalue weighted by Gasteiger charge is 2.36. The molecular weight excluding hydrogens is 290 g/mol. The molecule has 0 amide bonds. The van der Waals surface area contributed by atoms with Crippen molar-refractivity contribution in [1.82, 2.24) is 5.16 Å². The first-order chi connectivity index (χ1) is 10.6. The average molecular weight is 315 g/mol. The fraction of sp³-hybridized carbons (Fsp3) is 0.474. The molecule has 0 N–H and O–H groups in total. The number of ether oxygens (including phenoxy) is 1. The molecule has 0 atom stereocenters. The SMILES string of the molecule is CC(C)(C)c1noc(C(C)(C)C)c1C(=O)OCc1ccccc1. The summed E-state index contributed by atoms with van der Waals surface area (Å²) in [5.74, 6) is 0.186.